The van der Waals surface area contributed by atoms with E-state index in [1.807, 2.05) is 26.8 Å². The van der Waals surface area contributed by atoms with Gasteiger partial charge in [-0.15, -0.1) is 0 Å². The van der Waals surface area contributed by atoms with Crippen LogP contribution in [0.25, 0.3) is 0 Å². The van der Waals surface area contributed by atoms with Crippen LogP contribution >= 0.6 is 0 Å². The Labute approximate surface area is 50.6 Å². The van der Waals surface area contributed by atoms with Crippen molar-refractivity contribution in [1.82, 2.24) is 0 Å². The molecule has 1 heteroatoms. The van der Waals surface area contributed by atoms with Crippen molar-refractivity contribution in [3.8, 4) is 6.07 Å². The highest BCUT2D eigenvalue weighted by Gasteiger charge is 2.13. The number of nitriles is 1. The molecular formula is C7H11N. The quantitative estimate of drug-likeness (QED) is 0.437. The fraction of sp³-hybridized carbons (Fsp3) is 0.571. The van der Waals surface area contributed by atoms with Gasteiger partial charge >= 0.3 is 0 Å². The predicted octanol–water partition coefficient (Wildman–Crippen LogP) is 2.11. The average Bonchev–Trinajstić information content (AvgIpc) is 1.62. The van der Waals surface area contributed by atoms with Gasteiger partial charge < -0.3 is 0 Å². The monoisotopic (exact) mass is 109 g/mol. The van der Waals surface area contributed by atoms with Gasteiger partial charge in [0.15, 0.2) is 0 Å². The van der Waals surface area contributed by atoms with Gasteiger partial charge in [-0.1, -0.05) is 27.4 Å². The van der Waals surface area contributed by atoms with E-state index in [0.29, 0.717) is 5.57 Å². The third-order valence-corrected chi connectivity index (χ3v) is 1.04. The maximum atomic E-state index is 8.32. The van der Waals surface area contributed by atoms with Gasteiger partial charge in [-0.2, -0.15) is 5.26 Å². The highest BCUT2D eigenvalue weighted by Crippen LogP contribution is 2.21. The molecule has 0 unspecified atom stereocenters. The van der Waals surface area contributed by atoms with Crippen LogP contribution in [0.3, 0.4) is 0 Å². The van der Waals surface area contributed by atoms with Gasteiger partial charge in [-0.25, -0.2) is 0 Å². The van der Waals surface area contributed by atoms with Gasteiger partial charge in [-0.3, -0.25) is 0 Å². The minimum absolute atomic E-state index is 0.0469. The zero-order valence-corrected chi connectivity index (χ0v) is 5.65. The molecule has 0 N–H and O–H groups in total. The molecule has 0 aliphatic rings. The van der Waals surface area contributed by atoms with Crippen molar-refractivity contribution in [1.29, 1.82) is 5.26 Å². The molecule has 0 aromatic rings. The molecule has 0 aromatic carbocycles. The Morgan fingerprint density at radius 1 is 1.50 bits per heavy atom. The first kappa shape index (κ1) is 7.23. The van der Waals surface area contributed by atoms with Gasteiger partial charge in [0.1, 0.15) is 0 Å². The van der Waals surface area contributed by atoms with Crippen molar-refractivity contribution in [3.05, 3.63) is 12.2 Å². The largest absolute Gasteiger partial charge is 0.193 e. The smallest absolute Gasteiger partial charge is 0.0946 e. The third-order valence-electron chi connectivity index (χ3n) is 1.04. The molecule has 44 valence electrons. The molecule has 0 aliphatic heterocycles. The first-order valence-electron chi connectivity index (χ1n) is 2.58. The summed E-state index contributed by atoms with van der Waals surface area (Å²) in [6.45, 7) is 9.50. The minimum Gasteiger partial charge on any atom is -0.193 e. The van der Waals surface area contributed by atoms with Gasteiger partial charge in [0, 0.05) is 5.57 Å². The zero-order chi connectivity index (χ0) is 6.78. The summed E-state index contributed by atoms with van der Waals surface area (Å²) >= 11 is 0. The van der Waals surface area contributed by atoms with Crippen LogP contribution < -0.4 is 0 Å². The second kappa shape index (κ2) is 2.00. The highest BCUT2D eigenvalue weighted by molar-refractivity contribution is 5.22. The van der Waals surface area contributed by atoms with E-state index < -0.39 is 0 Å². The summed E-state index contributed by atoms with van der Waals surface area (Å²) in [6, 6.07) is 2.01. The lowest BCUT2D eigenvalue weighted by Crippen LogP contribution is -2.05. The van der Waals surface area contributed by atoms with Gasteiger partial charge in [0.05, 0.1) is 6.07 Å². The first-order valence-corrected chi connectivity index (χ1v) is 2.58. The lowest BCUT2D eigenvalue weighted by Gasteiger charge is -2.14. The van der Waals surface area contributed by atoms with E-state index in [1.54, 1.807) is 0 Å². The second-order valence-corrected chi connectivity index (χ2v) is 2.84. The maximum Gasteiger partial charge on any atom is 0.0946 e. The second-order valence-electron chi connectivity index (χ2n) is 2.84. The summed E-state index contributed by atoms with van der Waals surface area (Å²) in [5, 5.41) is 8.32. The number of hydrogen-bond acceptors (Lipinski definition) is 1. The van der Waals surface area contributed by atoms with Gasteiger partial charge in [-0.05, 0) is 5.41 Å². The Balaban J connectivity index is 4.09. The van der Waals surface area contributed by atoms with Gasteiger partial charge in [0.25, 0.3) is 0 Å². The third kappa shape index (κ3) is 1.79. The SMILES string of the molecule is C=C(C#N)C(C)(C)C. The number of rotatable bonds is 0. The molecule has 0 amide bonds. The van der Waals surface area contributed by atoms with E-state index in [1.165, 1.54) is 0 Å². The maximum absolute atomic E-state index is 8.32. The summed E-state index contributed by atoms with van der Waals surface area (Å²) in [4.78, 5) is 0. The van der Waals surface area contributed by atoms with E-state index in [4.69, 9.17) is 5.26 Å². The Morgan fingerprint density at radius 3 is 1.88 bits per heavy atom. The molecule has 0 fully saturated rings. The van der Waals surface area contributed by atoms with Crippen LogP contribution in [0.2, 0.25) is 0 Å². The van der Waals surface area contributed by atoms with Crippen LogP contribution in [-0.2, 0) is 0 Å². The molecule has 0 atom stereocenters. The van der Waals surface area contributed by atoms with Crippen LogP contribution in [0.4, 0.5) is 0 Å². The molecule has 8 heavy (non-hydrogen) atoms. The summed E-state index contributed by atoms with van der Waals surface area (Å²) in [5.74, 6) is 0. The molecule has 0 radical (unpaired) electrons. The van der Waals surface area contributed by atoms with Crippen molar-refractivity contribution in [3.63, 3.8) is 0 Å². The van der Waals surface area contributed by atoms with E-state index in [2.05, 4.69) is 6.58 Å². The molecule has 0 aromatic heterocycles. The summed E-state index contributed by atoms with van der Waals surface area (Å²) in [5.41, 5.74) is 0.590. The molecular weight excluding hydrogens is 98.1 g/mol. The highest BCUT2D eigenvalue weighted by atomic mass is 14.3. The lowest BCUT2D eigenvalue weighted by molar-refractivity contribution is 0.522. The van der Waals surface area contributed by atoms with E-state index in [0.717, 1.165) is 0 Å². The lowest BCUT2D eigenvalue weighted by atomic mass is 9.89. The Hall–Kier alpha value is -0.770. The molecule has 0 rings (SSSR count). The molecule has 0 heterocycles. The molecule has 1 nitrogen and oxygen atoms in total. The topological polar surface area (TPSA) is 23.8 Å². The molecule has 0 saturated carbocycles. The Morgan fingerprint density at radius 2 is 1.88 bits per heavy atom. The van der Waals surface area contributed by atoms with E-state index in [9.17, 15) is 0 Å². The van der Waals surface area contributed by atoms with E-state index in [-0.39, 0.29) is 5.41 Å². The Kier molecular flexibility index (Phi) is 1.81. The summed E-state index contributed by atoms with van der Waals surface area (Å²) in [6.07, 6.45) is 0. The fourth-order valence-electron chi connectivity index (χ4n) is 0.168. The van der Waals surface area contributed by atoms with E-state index >= 15 is 0 Å². The van der Waals surface area contributed by atoms with Gasteiger partial charge in [0.2, 0.25) is 0 Å². The molecule has 0 bridgehead atoms. The van der Waals surface area contributed by atoms with Crippen LogP contribution in [0.1, 0.15) is 20.8 Å². The summed E-state index contributed by atoms with van der Waals surface area (Å²) in [7, 11) is 0. The molecule has 0 saturated heterocycles. The van der Waals surface area contributed by atoms with Crippen molar-refractivity contribution >= 4 is 0 Å². The normalized spacial score (nSPS) is 10.2. The van der Waals surface area contributed by atoms with Crippen molar-refractivity contribution in [2.75, 3.05) is 0 Å². The van der Waals surface area contributed by atoms with Crippen LogP contribution in [-0.4, -0.2) is 0 Å². The molecule has 0 aliphatic carbocycles. The summed E-state index contributed by atoms with van der Waals surface area (Å²) < 4.78 is 0. The van der Waals surface area contributed by atoms with Crippen LogP contribution in [0.15, 0.2) is 12.2 Å². The van der Waals surface area contributed by atoms with Crippen molar-refractivity contribution in [2.24, 2.45) is 5.41 Å². The van der Waals surface area contributed by atoms with Crippen molar-refractivity contribution < 1.29 is 0 Å². The predicted molar refractivity (Wildman–Crippen MR) is 34.2 cm³/mol. The number of nitrogens with zero attached hydrogens (tertiary/aromatic N) is 1. The fourth-order valence-corrected chi connectivity index (χ4v) is 0.168. The number of allylic oxidation sites excluding steroid dienone is 1. The average molecular weight is 109 g/mol. The minimum atomic E-state index is -0.0469. The Bertz CT molecular complexity index is 131. The van der Waals surface area contributed by atoms with Crippen molar-refractivity contribution in [2.45, 2.75) is 20.8 Å². The molecule has 0 spiro atoms. The standard InChI is InChI=1S/C7H11N/c1-6(5-8)7(2,3)4/h1H2,2-4H3. The van der Waals surface area contributed by atoms with Crippen LogP contribution in [0.5, 0.6) is 0 Å². The van der Waals surface area contributed by atoms with Crippen LogP contribution in [0, 0.1) is 16.7 Å². The first-order chi connectivity index (χ1) is 3.48. The number of hydrogen-bond donors (Lipinski definition) is 0. The zero-order valence-electron chi connectivity index (χ0n) is 5.65.